The highest BCUT2D eigenvalue weighted by Gasteiger charge is 2.20. The largest absolute Gasteiger partial charge is 0.308 e. The van der Waals surface area contributed by atoms with Crippen molar-refractivity contribution < 1.29 is 0 Å². The van der Waals surface area contributed by atoms with Gasteiger partial charge in [0.15, 0.2) is 0 Å². The molecule has 1 heterocycles. The number of para-hydroxylation sites is 1. The van der Waals surface area contributed by atoms with Crippen LogP contribution >= 0.6 is 11.3 Å². The monoisotopic (exact) mass is 246 g/mol. The van der Waals surface area contributed by atoms with Crippen molar-refractivity contribution >= 4 is 21.6 Å². The van der Waals surface area contributed by atoms with Gasteiger partial charge in [0.1, 0.15) is 5.01 Å². The van der Waals surface area contributed by atoms with Gasteiger partial charge in [-0.1, -0.05) is 26.0 Å². The van der Waals surface area contributed by atoms with E-state index in [2.05, 4.69) is 37.4 Å². The van der Waals surface area contributed by atoms with Crippen LogP contribution in [0.4, 0.5) is 0 Å². The molecule has 0 atom stereocenters. The van der Waals surface area contributed by atoms with Gasteiger partial charge in [-0.3, -0.25) is 0 Å². The lowest BCUT2D eigenvalue weighted by Crippen LogP contribution is -2.14. The average molecular weight is 246 g/mol. The summed E-state index contributed by atoms with van der Waals surface area (Å²) in [4.78, 5) is 4.79. The number of hydrogen-bond acceptors (Lipinski definition) is 3. The van der Waals surface area contributed by atoms with Crippen molar-refractivity contribution in [3.05, 3.63) is 28.8 Å². The fourth-order valence-corrected chi connectivity index (χ4v) is 3.03. The van der Waals surface area contributed by atoms with E-state index in [4.69, 9.17) is 4.98 Å². The maximum absolute atomic E-state index is 4.79. The molecule has 1 aliphatic rings. The molecule has 1 N–H and O–H groups in total. The molecule has 90 valence electrons. The van der Waals surface area contributed by atoms with E-state index in [0.29, 0.717) is 5.92 Å². The third-order valence-corrected chi connectivity index (χ3v) is 4.26. The fraction of sp³-hybridized carbons (Fsp3) is 0.500. The molecular formula is C14H18N2S. The molecule has 1 aromatic heterocycles. The van der Waals surface area contributed by atoms with Crippen LogP contribution in [0.5, 0.6) is 0 Å². The summed E-state index contributed by atoms with van der Waals surface area (Å²) >= 11 is 1.82. The van der Waals surface area contributed by atoms with Crippen LogP contribution in [-0.4, -0.2) is 11.0 Å². The number of aromatic nitrogens is 1. The number of nitrogens with zero attached hydrogens (tertiary/aromatic N) is 1. The lowest BCUT2D eigenvalue weighted by atomic mass is 10.0. The summed E-state index contributed by atoms with van der Waals surface area (Å²) in [5.41, 5.74) is 2.58. The Morgan fingerprint density at radius 1 is 1.41 bits per heavy atom. The zero-order chi connectivity index (χ0) is 11.8. The highest BCUT2D eigenvalue weighted by molar-refractivity contribution is 7.18. The normalized spacial score (nSPS) is 15.9. The van der Waals surface area contributed by atoms with Gasteiger partial charge in [0.25, 0.3) is 0 Å². The minimum absolute atomic E-state index is 0.546. The first kappa shape index (κ1) is 11.2. The molecule has 0 spiro atoms. The minimum atomic E-state index is 0.546. The van der Waals surface area contributed by atoms with Crippen LogP contribution in [0.15, 0.2) is 18.2 Å². The van der Waals surface area contributed by atoms with Gasteiger partial charge in [-0.2, -0.15) is 0 Å². The maximum Gasteiger partial charge on any atom is 0.108 e. The van der Waals surface area contributed by atoms with E-state index in [-0.39, 0.29) is 0 Å². The Bertz CT molecular complexity index is 526. The Morgan fingerprint density at radius 2 is 2.24 bits per heavy atom. The van der Waals surface area contributed by atoms with Gasteiger partial charge in [-0.15, -0.1) is 11.3 Å². The number of fused-ring (bicyclic) bond motifs is 1. The van der Waals surface area contributed by atoms with Crippen molar-refractivity contribution in [3.8, 4) is 0 Å². The third-order valence-electron chi connectivity index (χ3n) is 3.24. The van der Waals surface area contributed by atoms with Gasteiger partial charge in [0, 0.05) is 12.6 Å². The average Bonchev–Trinajstić information content (AvgIpc) is 3.04. The molecule has 0 unspecified atom stereocenters. The second-order valence-electron chi connectivity index (χ2n) is 5.11. The Labute approximate surface area is 106 Å². The van der Waals surface area contributed by atoms with Crippen LogP contribution in [0.1, 0.15) is 43.2 Å². The smallest absolute Gasteiger partial charge is 0.108 e. The predicted octanol–water partition coefficient (Wildman–Crippen LogP) is 3.67. The SMILES string of the molecule is CC(C)c1cccc2sc(CNC3CC3)nc12. The van der Waals surface area contributed by atoms with Gasteiger partial charge in [0.2, 0.25) is 0 Å². The summed E-state index contributed by atoms with van der Waals surface area (Å²) in [5.74, 6) is 0.546. The molecule has 1 saturated carbocycles. The van der Waals surface area contributed by atoms with E-state index in [0.717, 1.165) is 12.6 Å². The Balaban J connectivity index is 1.90. The minimum Gasteiger partial charge on any atom is -0.308 e. The molecule has 17 heavy (non-hydrogen) atoms. The Hall–Kier alpha value is -0.930. The van der Waals surface area contributed by atoms with Gasteiger partial charge in [0.05, 0.1) is 10.2 Å². The highest BCUT2D eigenvalue weighted by Crippen LogP contribution is 2.29. The molecular weight excluding hydrogens is 228 g/mol. The summed E-state index contributed by atoms with van der Waals surface area (Å²) in [7, 11) is 0. The van der Waals surface area contributed by atoms with Crippen molar-refractivity contribution in [2.24, 2.45) is 0 Å². The Kier molecular flexibility index (Phi) is 2.89. The molecule has 2 nitrogen and oxygen atoms in total. The van der Waals surface area contributed by atoms with E-state index >= 15 is 0 Å². The molecule has 1 fully saturated rings. The number of hydrogen-bond donors (Lipinski definition) is 1. The molecule has 0 bridgehead atoms. The molecule has 1 aliphatic carbocycles. The summed E-state index contributed by atoms with van der Waals surface area (Å²) < 4.78 is 1.32. The molecule has 0 aliphatic heterocycles. The standard InChI is InChI=1S/C14H18N2S/c1-9(2)11-4-3-5-12-14(11)16-13(17-12)8-15-10-6-7-10/h3-5,9-10,15H,6-8H2,1-2H3. The first-order valence-electron chi connectivity index (χ1n) is 6.36. The van der Waals surface area contributed by atoms with Gasteiger partial charge in [-0.25, -0.2) is 4.98 Å². The first-order valence-corrected chi connectivity index (χ1v) is 7.17. The van der Waals surface area contributed by atoms with E-state index in [1.165, 1.54) is 33.6 Å². The van der Waals surface area contributed by atoms with Crippen molar-refractivity contribution in [2.45, 2.75) is 45.2 Å². The zero-order valence-electron chi connectivity index (χ0n) is 10.4. The quantitative estimate of drug-likeness (QED) is 0.890. The van der Waals surface area contributed by atoms with Crippen molar-refractivity contribution in [1.82, 2.24) is 10.3 Å². The van der Waals surface area contributed by atoms with E-state index in [9.17, 15) is 0 Å². The van der Waals surface area contributed by atoms with Crippen molar-refractivity contribution in [3.63, 3.8) is 0 Å². The van der Waals surface area contributed by atoms with Crippen LogP contribution < -0.4 is 5.32 Å². The topological polar surface area (TPSA) is 24.9 Å². The summed E-state index contributed by atoms with van der Waals surface area (Å²) in [6.45, 7) is 5.40. The van der Waals surface area contributed by atoms with E-state index in [1.54, 1.807) is 0 Å². The molecule has 0 saturated heterocycles. The van der Waals surface area contributed by atoms with Crippen molar-refractivity contribution in [1.29, 1.82) is 0 Å². The highest BCUT2D eigenvalue weighted by atomic mass is 32.1. The number of rotatable bonds is 4. The lowest BCUT2D eigenvalue weighted by molar-refractivity contribution is 0.685. The summed E-state index contributed by atoms with van der Waals surface area (Å²) in [6, 6.07) is 7.28. The number of benzene rings is 1. The van der Waals surface area contributed by atoms with Crippen LogP contribution in [0.3, 0.4) is 0 Å². The molecule has 0 amide bonds. The van der Waals surface area contributed by atoms with Gasteiger partial charge < -0.3 is 5.32 Å². The first-order chi connectivity index (χ1) is 8.24. The van der Waals surface area contributed by atoms with Crippen LogP contribution in [0.2, 0.25) is 0 Å². The molecule has 3 rings (SSSR count). The molecule has 0 radical (unpaired) electrons. The molecule has 1 aromatic carbocycles. The van der Waals surface area contributed by atoms with Crippen LogP contribution in [0.25, 0.3) is 10.2 Å². The second-order valence-corrected chi connectivity index (χ2v) is 6.23. The van der Waals surface area contributed by atoms with Crippen LogP contribution in [0, 0.1) is 0 Å². The molecule has 3 heteroatoms. The number of thiazole rings is 1. The second kappa shape index (κ2) is 4.39. The predicted molar refractivity (Wildman–Crippen MR) is 73.6 cm³/mol. The zero-order valence-corrected chi connectivity index (χ0v) is 11.2. The maximum atomic E-state index is 4.79. The van der Waals surface area contributed by atoms with Gasteiger partial charge in [-0.05, 0) is 30.4 Å². The van der Waals surface area contributed by atoms with E-state index < -0.39 is 0 Å². The molecule has 2 aromatic rings. The fourth-order valence-electron chi connectivity index (χ4n) is 2.08. The van der Waals surface area contributed by atoms with E-state index in [1.807, 2.05) is 11.3 Å². The van der Waals surface area contributed by atoms with Gasteiger partial charge >= 0.3 is 0 Å². The lowest BCUT2D eigenvalue weighted by Gasteiger charge is -2.04. The Morgan fingerprint density at radius 3 is 2.94 bits per heavy atom. The third kappa shape index (κ3) is 2.35. The summed E-state index contributed by atoms with van der Waals surface area (Å²) in [5, 5.41) is 4.75. The summed E-state index contributed by atoms with van der Waals surface area (Å²) in [6.07, 6.45) is 2.67. The van der Waals surface area contributed by atoms with Crippen LogP contribution in [-0.2, 0) is 6.54 Å². The number of nitrogens with one attached hydrogen (secondary N) is 1. The van der Waals surface area contributed by atoms with Crippen molar-refractivity contribution in [2.75, 3.05) is 0 Å².